The Bertz CT molecular complexity index is 741. The monoisotopic (exact) mass is 430 g/mol. The quantitative estimate of drug-likeness (QED) is 0.572. The lowest BCUT2D eigenvalue weighted by Gasteiger charge is -2.09. The molecule has 2 rings (SSSR count). The van der Waals surface area contributed by atoms with E-state index in [4.69, 9.17) is 9.15 Å². The molecule has 0 saturated heterocycles. The summed E-state index contributed by atoms with van der Waals surface area (Å²) in [7, 11) is 1.44. The maximum atomic E-state index is 11.9. The van der Waals surface area contributed by atoms with Gasteiger partial charge in [-0.3, -0.25) is 4.79 Å². The van der Waals surface area contributed by atoms with E-state index < -0.39 is 5.91 Å². The molecule has 1 aromatic carbocycles. The van der Waals surface area contributed by atoms with Crippen LogP contribution < -0.4 is 10.2 Å². The van der Waals surface area contributed by atoms with E-state index in [9.17, 15) is 9.90 Å². The molecule has 6 nitrogen and oxygen atoms in total. The number of phenols is 1. The van der Waals surface area contributed by atoms with Crippen molar-refractivity contribution in [3.05, 3.63) is 44.2 Å². The second kappa shape index (κ2) is 6.97. The number of hydrogen-bond donors (Lipinski definition) is 2. The van der Waals surface area contributed by atoms with Crippen molar-refractivity contribution in [2.24, 2.45) is 5.10 Å². The Morgan fingerprint density at radius 1 is 1.50 bits per heavy atom. The first-order valence-corrected chi connectivity index (χ1v) is 7.66. The number of nitrogens with one attached hydrogen (secondary N) is 1. The van der Waals surface area contributed by atoms with Gasteiger partial charge in [0.25, 0.3) is 5.91 Å². The van der Waals surface area contributed by atoms with Crippen LogP contribution in [0.25, 0.3) is 0 Å². The summed E-state index contributed by atoms with van der Waals surface area (Å²) in [6, 6.07) is 3.17. The van der Waals surface area contributed by atoms with Gasteiger partial charge in [-0.05, 0) is 50.9 Å². The Labute approximate surface area is 143 Å². The van der Waals surface area contributed by atoms with Gasteiger partial charge in [0, 0.05) is 8.95 Å². The summed E-state index contributed by atoms with van der Waals surface area (Å²) >= 11 is 6.66. The molecule has 2 N–H and O–H groups in total. The van der Waals surface area contributed by atoms with Crippen molar-refractivity contribution >= 4 is 44.0 Å². The normalized spacial score (nSPS) is 10.9. The summed E-state index contributed by atoms with van der Waals surface area (Å²) < 4.78 is 11.4. The number of furan rings is 1. The molecule has 1 heterocycles. The number of halogens is 2. The van der Waals surface area contributed by atoms with E-state index in [1.54, 1.807) is 19.1 Å². The van der Waals surface area contributed by atoms with Gasteiger partial charge in [-0.2, -0.15) is 5.10 Å². The largest absolute Gasteiger partial charge is 0.504 e. The lowest BCUT2D eigenvalue weighted by Crippen LogP contribution is -2.17. The van der Waals surface area contributed by atoms with Crippen molar-refractivity contribution < 1.29 is 19.1 Å². The zero-order valence-corrected chi connectivity index (χ0v) is 14.9. The van der Waals surface area contributed by atoms with Crippen LogP contribution in [0.4, 0.5) is 0 Å². The first-order chi connectivity index (χ1) is 10.5. The minimum Gasteiger partial charge on any atom is -0.504 e. The molecule has 2 aromatic rings. The van der Waals surface area contributed by atoms with Crippen LogP contribution in [0, 0.1) is 6.92 Å². The number of ether oxygens (including phenoxy) is 1. The number of aryl methyl sites for hydroxylation is 1. The minimum absolute atomic E-state index is 0.0879. The van der Waals surface area contributed by atoms with Gasteiger partial charge < -0.3 is 14.3 Å². The van der Waals surface area contributed by atoms with E-state index in [2.05, 4.69) is 42.4 Å². The Hall–Kier alpha value is -1.80. The number of carbonyl (C=O) groups is 1. The molecule has 22 heavy (non-hydrogen) atoms. The summed E-state index contributed by atoms with van der Waals surface area (Å²) in [5, 5.41) is 13.9. The van der Waals surface area contributed by atoms with Crippen LogP contribution in [0.1, 0.15) is 21.7 Å². The highest BCUT2D eigenvalue weighted by molar-refractivity contribution is 9.13. The summed E-state index contributed by atoms with van der Waals surface area (Å²) in [5.41, 5.74) is 3.13. The van der Waals surface area contributed by atoms with E-state index >= 15 is 0 Å². The molecule has 0 radical (unpaired) electrons. The van der Waals surface area contributed by atoms with Crippen LogP contribution in [0.3, 0.4) is 0 Å². The molecular weight excluding hydrogens is 420 g/mol. The SMILES string of the molecule is COc1cc(Br)c(Br)c(/C=N\NC(=O)c2ccoc2C)c1O. The molecule has 0 bridgehead atoms. The fourth-order valence-corrected chi connectivity index (χ4v) is 2.55. The lowest BCUT2D eigenvalue weighted by molar-refractivity contribution is 0.0953. The van der Waals surface area contributed by atoms with E-state index in [-0.39, 0.29) is 11.5 Å². The predicted molar refractivity (Wildman–Crippen MR) is 88.6 cm³/mol. The average molecular weight is 432 g/mol. The molecule has 1 aromatic heterocycles. The summed E-state index contributed by atoms with van der Waals surface area (Å²) in [6.07, 6.45) is 2.75. The predicted octanol–water partition coefficient (Wildman–Crippen LogP) is 3.59. The van der Waals surface area contributed by atoms with Gasteiger partial charge in [0.05, 0.1) is 30.7 Å². The van der Waals surface area contributed by atoms with Gasteiger partial charge in [-0.25, -0.2) is 5.43 Å². The van der Waals surface area contributed by atoms with Gasteiger partial charge in [-0.15, -0.1) is 0 Å². The average Bonchev–Trinajstić information content (AvgIpc) is 2.92. The van der Waals surface area contributed by atoms with E-state index in [1.165, 1.54) is 19.6 Å². The van der Waals surface area contributed by atoms with E-state index in [0.717, 1.165) is 0 Å². The van der Waals surface area contributed by atoms with Crippen LogP contribution in [-0.2, 0) is 0 Å². The maximum Gasteiger partial charge on any atom is 0.274 e. The fraction of sp³-hybridized carbons (Fsp3) is 0.143. The third-order valence-corrected chi connectivity index (χ3v) is 4.89. The number of benzene rings is 1. The molecule has 1 amide bonds. The van der Waals surface area contributed by atoms with Crippen molar-refractivity contribution in [2.75, 3.05) is 7.11 Å². The van der Waals surface area contributed by atoms with Crippen LogP contribution >= 0.6 is 31.9 Å². The first-order valence-electron chi connectivity index (χ1n) is 6.08. The lowest BCUT2D eigenvalue weighted by atomic mass is 10.2. The zero-order valence-electron chi connectivity index (χ0n) is 11.7. The molecule has 0 fully saturated rings. The van der Waals surface area contributed by atoms with Crippen molar-refractivity contribution in [1.29, 1.82) is 0 Å². The number of carbonyl (C=O) groups excluding carboxylic acids is 1. The maximum absolute atomic E-state index is 11.9. The Morgan fingerprint density at radius 3 is 2.82 bits per heavy atom. The zero-order chi connectivity index (χ0) is 16.3. The van der Waals surface area contributed by atoms with Crippen LogP contribution in [0.2, 0.25) is 0 Å². The van der Waals surface area contributed by atoms with Gasteiger partial charge in [0.15, 0.2) is 11.5 Å². The summed E-state index contributed by atoms with van der Waals surface area (Å²) in [6.45, 7) is 1.68. The standard InChI is InChI=1S/C14H12Br2N2O4/c1-7-8(3-4-22-7)14(20)18-17-6-9-12(16)10(15)5-11(21-2)13(9)19/h3-6,19H,1-2H3,(H,18,20)/b17-6-. The second-order valence-corrected chi connectivity index (χ2v) is 5.87. The number of aromatic hydroxyl groups is 1. The molecule has 116 valence electrons. The third kappa shape index (κ3) is 3.33. The molecule has 0 unspecified atom stereocenters. The van der Waals surface area contributed by atoms with E-state index in [0.29, 0.717) is 25.8 Å². The van der Waals surface area contributed by atoms with Crippen molar-refractivity contribution in [2.45, 2.75) is 6.92 Å². The molecule has 0 aliphatic heterocycles. The fourth-order valence-electron chi connectivity index (χ4n) is 1.72. The molecule has 0 atom stereocenters. The highest BCUT2D eigenvalue weighted by Gasteiger charge is 2.15. The van der Waals surface area contributed by atoms with Crippen molar-refractivity contribution in [3.63, 3.8) is 0 Å². The Kier molecular flexibility index (Phi) is 5.25. The third-order valence-electron chi connectivity index (χ3n) is 2.88. The highest BCUT2D eigenvalue weighted by Crippen LogP contribution is 2.39. The number of rotatable bonds is 4. The Morgan fingerprint density at radius 2 is 2.23 bits per heavy atom. The van der Waals surface area contributed by atoms with Crippen LogP contribution in [0.15, 0.2) is 36.9 Å². The molecule has 0 aliphatic rings. The van der Waals surface area contributed by atoms with Crippen LogP contribution in [-0.4, -0.2) is 24.3 Å². The number of nitrogens with zero attached hydrogens (tertiary/aromatic N) is 1. The second-order valence-electron chi connectivity index (χ2n) is 4.23. The number of methoxy groups -OCH3 is 1. The van der Waals surface area contributed by atoms with Crippen molar-refractivity contribution in [3.8, 4) is 11.5 Å². The molecular formula is C14H12Br2N2O4. The minimum atomic E-state index is -0.403. The van der Waals surface area contributed by atoms with Crippen LogP contribution in [0.5, 0.6) is 11.5 Å². The molecule has 0 saturated carbocycles. The smallest absolute Gasteiger partial charge is 0.274 e. The van der Waals surface area contributed by atoms with Gasteiger partial charge in [0.2, 0.25) is 0 Å². The van der Waals surface area contributed by atoms with Crippen molar-refractivity contribution in [1.82, 2.24) is 5.43 Å². The Balaban J connectivity index is 2.22. The number of hydrazone groups is 1. The summed E-state index contributed by atoms with van der Waals surface area (Å²) in [5.74, 6) is 0.296. The van der Waals surface area contributed by atoms with E-state index in [1.807, 2.05) is 0 Å². The van der Waals surface area contributed by atoms with Gasteiger partial charge in [0.1, 0.15) is 5.76 Å². The molecule has 8 heteroatoms. The molecule has 0 spiro atoms. The number of phenolic OH excluding ortho intramolecular Hbond substituents is 1. The van der Waals surface area contributed by atoms with Gasteiger partial charge in [-0.1, -0.05) is 0 Å². The number of amides is 1. The van der Waals surface area contributed by atoms with Gasteiger partial charge >= 0.3 is 0 Å². The first kappa shape index (κ1) is 16.6. The highest BCUT2D eigenvalue weighted by atomic mass is 79.9. The summed E-state index contributed by atoms with van der Waals surface area (Å²) in [4.78, 5) is 11.9. The number of hydrogen-bond acceptors (Lipinski definition) is 5. The molecule has 0 aliphatic carbocycles. The topological polar surface area (TPSA) is 84.1 Å².